The second-order valence-corrected chi connectivity index (χ2v) is 6.39. The van der Waals surface area contributed by atoms with Crippen molar-refractivity contribution in [3.05, 3.63) is 60.2 Å². The zero-order valence-corrected chi connectivity index (χ0v) is 15.3. The van der Waals surface area contributed by atoms with Crippen molar-refractivity contribution in [2.24, 2.45) is 0 Å². The van der Waals surface area contributed by atoms with Gasteiger partial charge in [-0.05, 0) is 35.8 Å². The average Bonchev–Trinajstić information content (AvgIpc) is 3.11. The van der Waals surface area contributed by atoms with Crippen molar-refractivity contribution in [2.45, 2.75) is 33.2 Å². The maximum Gasteiger partial charge on any atom is 0.250 e. The molecule has 3 aromatic rings. The highest BCUT2D eigenvalue weighted by Gasteiger charge is 2.16. The summed E-state index contributed by atoms with van der Waals surface area (Å²) < 4.78 is 0. The van der Waals surface area contributed by atoms with Gasteiger partial charge in [0.2, 0.25) is 5.82 Å². The largest absolute Gasteiger partial charge is 0.311 e. The highest BCUT2D eigenvalue weighted by molar-refractivity contribution is 5.92. The van der Waals surface area contributed by atoms with Crippen LogP contribution < -0.4 is 4.90 Å². The van der Waals surface area contributed by atoms with Gasteiger partial charge in [-0.2, -0.15) is 4.80 Å². The third kappa shape index (κ3) is 3.96. The summed E-state index contributed by atoms with van der Waals surface area (Å²) in [6.07, 6.45) is 0. The summed E-state index contributed by atoms with van der Waals surface area (Å²) in [6, 6.07) is 17.7. The van der Waals surface area contributed by atoms with E-state index in [0.717, 1.165) is 11.3 Å². The van der Waals surface area contributed by atoms with Gasteiger partial charge < -0.3 is 4.90 Å². The molecule has 0 radical (unpaired) electrons. The molecule has 0 aliphatic heterocycles. The lowest BCUT2D eigenvalue weighted by atomic mass is 10.0. The first-order valence-corrected chi connectivity index (χ1v) is 8.82. The van der Waals surface area contributed by atoms with Gasteiger partial charge in [0.05, 0.1) is 0 Å². The van der Waals surface area contributed by atoms with Crippen molar-refractivity contribution < 1.29 is 4.79 Å². The third-order valence-electron chi connectivity index (χ3n) is 4.25. The normalized spacial score (nSPS) is 10.9. The van der Waals surface area contributed by atoms with Gasteiger partial charge in [-0.25, -0.2) is 0 Å². The predicted octanol–water partition coefficient (Wildman–Crippen LogP) is 3.52. The SMILES string of the molecule is CCN(C(=O)Cn1nnc(-c2ccc(C(C)C)cc2)n1)c1ccccc1. The number of nitrogens with zero attached hydrogens (tertiary/aromatic N) is 5. The fourth-order valence-electron chi connectivity index (χ4n) is 2.76. The van der Waals surface area contributed by atoms with E-state index in [0.29, 0.717) is 18.3 Å². The molecular formula is C20H23N5O. The van der Waals surface area contributed by atoms with Crippen molar-refractivity contribution in [1.29, 1.82) is 0 Å². The van der Waals surface area contributed by atoms with Gasteiger partial charge >= 0.3 is 0 Å². The van der Waals surface area contributed by atoms with Crippen LogP contribution in [0, 0.1) is 0 Å². The quantitative estimate of drug-likeness (QED) is 0.683. The zero-order valence-electron chi connectivity index (χ0n) is 15.3. The summed E-state index contributed by atoms with van der Waals surface area (Å²) >= 11 is 0. The molecule has 0 saturated heterocycles. The van der Waals surface area contributed by atoms with Gasteiger partial charge in [0.15, 0.2) is 0 Å². The van der Waals surface area contributed by atoms with Crippen LogP contribution in [0.4, 0.5) is 5.69 Å². The number of para-hydroxylation sites is 1. The van der Waals surface area contributed by atoms with E-state index in [1.54, 1.807) is 4.90 Å². The van der Waals surface area contributed by atoms with Gasteiger partial charge in [0.1, 0.15) is 6.54 Å². The van der Waals surface area contributed by atoms with Crippen LogP contribution in [0.2, 0.25) is 0 Å². The van der Waals surface area contributed by atoms with Crippen molar-refractivity contribution in [2.75, 3.05) is 11.4 Å². The number of anilines is 1. The Morgan fingerprint density at radius 1 is 1.08 bits per heavy atom. The molecule has 0 fully saturated rings. The molecule has 3 rings (SSSR count). The molecule has 0 aliphatic rings. The Morgan fingerprint density at radius 2 is 1.77 bits per heavy atom. The number of benzene rings is 2. The van der Waals surface area contributed by atoms with E-state index in [1.165, 1.54) is 10.4 Å². The maximum absolute atomic E-state index is 12.6. The van der Waals surface area contributed by atoms with Crippen LogP contribution in [0.25, 0.3) is 11.4 Å². The molecular weight excluding hydrogens is 326 g/mol. The smallest absolute Gasteiger partial charge is 0.250 e. The van der Waals surface area contributed by atoms with E-state index in [1.807, 2.05) is 49.4 Å². The van der Waals surface area contributed by atoms with E-state index < -0.39 is 0 Å². The fourth-order valence-corrected chi connectivity index (χ4v) is 2.76. The molecule has 2 aromatic carbocycles. The van der Waals surface area contributed by atoms with E-state index in [2.05, 4.69) is 41.4 Å². The van der Waals surface area contributed by atoms with E-state index >= 15 is 0 Å². The lowest BCUT2D eigenvalue weighted by Gasteiger charge is -2.20. The molecule has 6 nitrogen and oxygen atoms in total. The summed E-state index contributed by atoms with van der Waals surface area (Å²) in [6.45, 7) is 6.89. The molecule has 0 unspecified atom stereocenters. The monoisotopic (exact) mass is 349 g/mol. The summed E-state index contributed by atoms with van der Waals surface area (Å²) in [4.78, 5) is 15.7. The fraction of sp³-hybridized carbons (Fsp3) is 0.300. The topological polar surface area (TPSA) is 63.9 Å². The molecule has 0 spiro atoms. The van der Waals surface area contributed by atoms with Crippen LogP contribution in [-0.4, -0.2) is 32.7 Å². The number of tetrazole rings is 1. The van der Waals surface area contributed by atoms with E-state index in [9.17, 15) is 4.79 Å². The first-order chi connectivity index (χ1) is 12.6. The van der Waals surface area contributed by atoms with E-state index in [-0.39, 0.29) is 12.5 Å². The van der Waals surface area contributed by atoms with Crippen LogP contribution in [-0.2, 0) is 11.3 Å². The second-order valence-electron chi connectivity index (χ2n) is 6.39. The molecule has 1 aromatic heterocycles. The maximum atomic E-state index is 12.6. The van der Waals surface area contributed by atoms with Gasteiger partial charge in [0, 0.05) is 17.8 Å². The lowest BCUT2D eigenvalue weighted by Crippen LogP contribution is -2.34. The minimum atomic E-state index is -0.0715. The number of rotatable bonds is 6. The number of amides is 1. The van der Waals surface area contributed by atoms with Gasteiger partial charge in [0.25, 0.3) is 5.91 Å². The Hall–Kier alpha value is -3.02. The highest BCUT2D eigenvalue weighted by atomic mass is 16.2. The Labute approximate surface area is 153 Å². The van der Waals surface area contributed by atoms with Gasteiger partial charge in [-0.15, -0.1) is 10.2 Å². The van der Waals surface area contributed by atoms with Crippen LogP contribution in [0.1, 0.15) is 32.3 Å². The van der Waals surface area contributed by atoms with Crippen LogP contribution in [0.5, 0.6) is 0 Å². The summed E-state index contributed by atoms with van der Waals surface area (Å²) in [7, 11) is 0. The Kier molecular flexibility index (Phi) is 5.41. The molecule has 1 amide bonds. The minimum absolute atomic E-state index is 0.0554. The molecule has 0 saturated carbocycles. The average molecular weight is 349 g/mol. The van der Waals surface area contributed by atoms with Gasteiger partial charge in [-0.1, -0.05) is 56.3 Å². The summed E-state index contributed by atoms with van der Waals surface area (Å²) in [5.74, 6) is 0.928. The lowest BCUT2D eigenvalue weighted by molar-refractivity contribution is -0.119. The molecule has 134 valence electrons. The standard InChI is InChI=1S/C20H23N5O/c1-4-24(18-8-6-5-7-9-18)19(26)14-25-22-20(21-23-25)17-12-10-16(11-13-17)15(2)3/h5-13,15H,4,14H2,1-3H3. The van der Waals surface area contributed by atoms with Crippen LogP contribution in [0.3, 0.4) is 0 Å². The Bertz CT molecular complexity index is 855. The van der Waals surface area contributed by atoms with Crippen LogP contribution in [0.15, 0.2) is 54.6 Å². The molecule has 0 N–H and O–H groups in total. The molecule has 0 atom stereocenters. The second kappa shape index (κ2) is 7.91. The molecule has 0 bridgehead atoms. The first-order valence-electron chi connectivity index (χ1n) is 8.82. The predicted molar refractivity (Wildman–Crippen MR) is 102 cm³/mol. The number of hydrogen-bond donors (Lipinski definition) is 0. The zero-order chi connectivity index (χ0) is 18.5. The van der Waals surface area contributed by atoms with Gasteiger partial charge in [-0.3, -0.25) is 4.79 Å². The van der Waals surface area contributed by atoms with Crippen LogP contribution >= 0.6 is 0 Å². The summed E-state index contributed by atoms with van der Waals surface area (Å²) in [5, 5.41) is 12.5. The number of carbonyl (C=O) groups excluding carboxylic acids is 1. The number of carbonyl (C=O) groups is 1. The number of likely N-dealkylation sites (N-methyl/N-ethyl adjacent to an activating group) is 1. The number of aromatic nitrogens is 4. The summed E-state index contributed by atoms with van der Waals surface area (Å²) in [5.41, 5.74) is 3.02. The van der Waals surface area contributed by atoms with E-state index in [4.69, 9.17) is 0 Å². The first kappa shape index (κ1) is 17.8. The van der Waals surface area contributed by atoms with Crippen molar-refractivity contribution in [1.82, 2.24) is 20.2 Å². The highest BCUT2D eigenvalue weighted by Crippen LogP contribution is 2.19. The molecule has 1 heterocycles. The van der Waals surface area contributed by atoms with Crippen molar-refractivity contribution >= 4 is 11.6 Å². The minimum Gasteiger partial charge on any atom is -0.311 e. The Morgan fingerprint density at radius 3 is 2.38 bits per heavy atom. The molecule has 0 aliphatic carbocycles. The van der Waals surface area contributed by atoms with Crippen molar-refractivity contribution in [3.8, 4) is 11.4 Å². The molecule has 6 heteroatoms. The van der Waals surface area contributed by atoms with Crippen molar-refractivity contribution in [3.63, 3.8) is 0 Å². The Balaban J connectivity index is 1.72. The number of hydrogen-bond acceptors (Lipinski definition) is 4. The molecule has 26 heavy (non-hydrogen) atoms. The third-order valence-corrected chi connectivity index (χ3v) is 4.25.